The maximum absolute atomic E-state index is 13.0. The Kier molecular flexibility index (Phi) is 3.66. The van der Waals surface area contributed by atoms with E-state index < -0.39 is 0 Å². The number of thiazole rings is 1. The molecule has 8 heteroatoms. The summed E-state index contributed by atoms with van der Waals surface area (Å²) in [5.41, 5.74) is 2.35. The van der Waals surface area contributed by atoms with Gasteiger partial charge in [0.25, 0.3) is 11.5 Å². The molecule has 5 rings (SSSR count). The van der Waals surface area contributed by atoms with Crippen LogP contribution in [0.25, 0.3) is 21.9 Å². The molecule has 3 aromatic heterocycles. The Bertz CT molecular complexity index is 1360. The third-order valence-corrected chi connectivity index (χ3v) is 5.59. The molecule has 0 unspecified atom stereocenters. The molecule has 0 spiro atoms. The zero-order valence-electron chi connectivity index (χ0n) is 14.6. The number of carbonyl (C=O) groups excluding carboxylic acids is 1. The van der Waals surface area contributed by atoms with Gasteiger partial charge in [-0.1, -0.05) is 35.6 Å². The Labute approximate surface area is 162 Å². The summed E-state index contributed by atoms with van der Waals surface area (Å²) in [6, 6.07) is 11.0. The largest absolute Gasteiger partial charge is 0.304 e. The molecule has 0 saturated heterocycles. The number of amides is 1. The fourth-order valence-corrected chi connectivity index (χ4v) is 4.32. The number of para-hydroxylation sites is 1. The summed E-state index contributed by atoms with van der Waals surface area (Å²) in [4.78, 5) is 36.6. The highest BCUT2D eigenvalue weighted by Crippen LogP contribution is 2.35. The van der Waals surface area contributed by atoms with E-state index in [1.807, 2.05) is 24.3 Å². The number of aromatic nitrogens is 4. The van der Waals surface area contributed by atoms with Crippen molar-refractivity contribution in [1.29, 1.82) is 0 Å². The molecule has 0 bridgehead atoms. The Hall–Kier alpha value is -3.65. The van der Waals surface area contributed by atoms with Crippen LogP contribution < -0.4 is 15.0 Å². The summed E-state index contributed by atoms with van der Waals surface area (Å²) >= 11 is 1.17. The van der Waals surface area contributed by atoms with E-state index in [-0.39, 0.29) is 11.5 Å². The molecule has 1 amide bonds. The van der Waals surface area contributed by atoms with E-state index in [0.29, 0.717) is 27.4 Å². The molecule has 28 heavy (non-hydrogen) atoms. The summed E-state index contributed by atoms with van der Waals surface area (Å²) in [5.74, 6) is 0.241. The summed E-state index contributed by atoms with van der Waals surface area (Å²) in [6.07, 6.45) is 4.96. The SMILES string of the molecule is C=CCN1C(=O)C(=c2sc3nc(-c4ccncc4)nn3c2=O)c2ccccc21. The highest BCUT2D eigenvalue weighted by Gasteiger charge is 2.33. The smallest absolute Gasteiger partial charge is 0.291 e. The second-order valence-electron chi connectivity index (χ2n) is 6.20. The van der Waals surface area contributed by atoms with Crippen molar-refractivity contribution in [3.8, 4) is 11.4 Å². The van der Waals surface area contributed by atoms with E-state index in [4.69, 9.17) is 0 Å². The van der Waals surface area contributed by atoms with Crippen LogP contribution in [0.2, 0.25) is 0 Å². The minimum absolute atomic E-state index is 0.211. The molecule has 4 heterocycles. The number of anilines is 1. The highest BCUT2D eigenvalue weighted by molar-refractivity contribution is 7.15. The van der Waals surface area contributed by atoms with Crippen LogP contribution in [0.3, 0.4) is 0 Å². The van der Waals surface area contributed by atoms with Crippen molar-refractivity contribution in [3.05, 3.63) is 81.9 Å². The zero-order valence-corrected chi connectivity index (χ0v) is 15.4. The molecule has 0 fully saturated rings. The van der Waals surface area contributed by atoms with Gasteiger partial charge in [0.1, 0.15) is 4.53 Å². The van der Waals surface area contributed by atoms with Gasteiger partial charge in [-0.3, -0.25) is 14.6 Å². The molecule has 136 valence electrons. The fourth-order valence-electron chi connectivity index (χ4n) is 3.32. The Morgan fingerprint density at radius 1 is 1.11 bits per heavy atom. The average molecular weight is 387 g/mol. The van der Waals surface area contributed by atoms with Crippen molar-refractivity contribution in [2.75, 3.05) is 11.4 Å². The molecule has 1 aliphatic rings. The standard InChI is InChI=1S/C20H13N5O2S/c1-2-11-24-14-6-4-3-5-13(14)15(18(24)26)16-19(27)25-20(28-16)22-17(23-25)12-7-9-21-10-8-12/h2-10H,1,11H2. The first-order chi connectivity index (χ1) is 13.7. The first-order valence-electron chi connectivity index (χ1n) is 8.55. The van der Waals surface area contributed by atoms with Crippen LogP contribution in [0.15, 0.2) is 66.2 Å². The maximum Gasteiger partial charge on any atom is 0.291 e. The van der Waals surface area contributed by atoms with Crippen molar-refractivity contribution >= 4 is 33.5 Å². The van der Waals surface area contributed by atoms with Crippen LogP contribution in [-0.2, 0) is 4.79 Å². The molecule has 1 aromatic carbocycles. The molecule has 0 atom stereocenters. The van der Waals surface area contributed by atoms with Crippen molar-refractivity contribution in [1.82, 2.24) is 19.6 Å². The lowest BCUT2D eigenvalue weighted by atomic mass is 10.1. The molecule has 1 aliphatic heterocycles. The summed E-state index contributed by atoms with van der Waals surface area (Å²) in [5, 5.41) is 4.33. The van der Waals surface area contributed by atoms with E-state index >= 15 is 0 Å². The number of hydrogen-bond donors (Lipinski definition) is 0. The van der Waals surface area contributed by atoms with Crippen molar-refractivity contribution in [2.45, 2.75) is 0 Å². The van der Waals surface area contributed by atoms with Gasteiger partial charge < -0.3 is 4.90 Å². The van der Waals surface area contributed by atoms with Gasteiger partial charge in [0.05, 0.1) is 11.3 Å². The summed E-state index contributed by atoms with van der Waals surface area (Å²) < 4.78 is 1.61. The van der Waals surface area contributed by atoms with Gasteiger partial charge in [-0.05, 0) is 18.2 Å². The molecule has 4 aromatic rings. The first kappa shape index (κ1) is 16.5. The Morgan fingerprint density at radius 3 is 2.64 bits per heavy atom. The Morgan fingerprint density at radius 2 is 1.89 bits per heavy atom. The fraction of sp³-hybridized carbons (Fsp3) is 0.0500. The number of hydrogen-bond acceptors (Lipinski definition) is 6. The van der Waals surface area contributed by atoms with Gasteiger partial charge in [-0.25, -0.2) is 0 Å². The normalized spacial score (nSPS) is 15.3. The molecule has 0 N–H and O–H groups in total. The van der Waals surface area contributed by atoms with Gasteiger partial charge in [-0.2, -0.15) is 9.50 Å². The lowest BCUT2D eigenvalue weighted by molar-refractivity contribution is -0.112. The number of pyridine rings is 1. The molecule has 7 nitrogen and oxygen atoms in total. The van der Waals surface area contributed by atoms with E-state index in [1.165, 1.54) is 15.9 Å². The number of nitrogens with zero attached hydrogens (tertiary/aromatic N) is 5. The minimum atomic E-state index is -0.341. The third-order valence-electron chi connectivity index (χ3n) is 4.56. The third kappa shape index (κ3) is 2.31. The average Bonchev–Trinajstić information content (AvgIpc) is 3.35. The maximum atomic E-state index is 13.0. The van der Waals surface area contributed by atoms with E-state index in [2.05, 4.69) is 21.6 Å². The Balaban J connectivity index is 1.75. The summed E-state index contributed by atoms with van der Waals surface area (Å²) in [6.45, 7) is 4.10. The van der Waals surface area contributed by atoms with Crippen molar-refractivity contribution < 1.29 is 4.79 Å². The molecular weight excluding hydrogens is 374 g/mol. The van der Waals surface area contributed by atoms with Gasteiger partial charge in [0.15, 0.2) is 5.82 Å². The van der Waals surface area contributed by atoms with Crippen LogP contribution in [-0.4, -0.2) is 32.0 Å². The van der Waals surface area contributed by atoms with Gasteiger partial charge >= 0.3 is 0 Å². The molecule has 0 aliphatic carbocycles. The topological polar surface area (TPSA) is 80.5 Å². The number of fused-ring (bicyclic) bond motifs is 2. The minimum Gasteiger partial charge on any atom is -0.304 e. The van der Waals surface area contributed by atoms with Gasteiger partial charge in [-0.15, -0.1) is 11.7 Å². The molecule has 0 radical (unpaired) electrons. The molecular formula is C20H13N5O2S. The molecule has 0 saturated carbocycles. The second-order valence-corrected chi connectivity index (χ2v) is 7.18. The van der Waals surface area contributed by atoms with E-state index in [1.54, 1.807) is 35.5 Å². The van der Waals surface area contributed by atoms with Crippen LogP contribution in [0.5, 0.6) is 0 Å². The number of benzene rings is 1. The lowest BCUT2D eigenvalue weighted by Crippen LogP contribution is -2.32. The van der Waals surface area contributed by atoms with Crippen LogP contribution >= 0.6 is 11.3 Å². The monoisotopic (exact) mass is 387 g/mol. The van der Waals surface area contributed by atoms with Crippen molar-refractivity contribution in [3.63, 3.8) is 0 Å². The van der Waals surface area contributed by atoms with Crippen LogP contribution in [0, 0.1) is 0 Å². The zero-order chi connectivity index (χ0) is 19.3. The van der Waals surface area contributed by atoms with E-state index in [0.717, 1.165) is 16.8 Å². The lowest BCUT2D eigenvalue weighted by Gasteiger charge is -2.13. The van der Waals surface area contributed by atoms with Gasteiger partial charge in [0, 0.05) is 30.1 Å². The predicted octanol–water partition coefficient (Wildman–Crippen LogP) is 1.66. The van der Waals surface area contributed by atoms with Gasteiger partial charge in [0.2, 0.25) is 4.96 Å². The number of carbonyl (C=O) groups is 1. The van der Waals surface area contributed by atoms with Crippen LogP contribution in [0.4, 0.5) is 5.69 Å². The predicted molar refractivity (Wildman–Crippen MR) is 107 cm³/mol. The van der Waals surface area contributed by atoms with Crippen molar-refractivity contribution in [2.24, 2.45) is 0 Å². The van der Waals surface area contributed by atoms with Crippen LogP contribution in [0.1, 0.15) is 5.56 Å². The second kappa shape index (κ2) is 6.21. The highest BCUT2D eigenvalue weighted by atomic mass is 32.1. The number of rotatable bonds is 3. The van der Waals surface area contributed by atoms with E-state index in [9.17, 15) is 9.59 Å². The quantitative estimate of drug-likeness (QED) is 0.500. The summed E-state index contributed by atoms with van der Waals surface area (Å²) in [7, 11) is 0. The first-order valence-corrected chi connectivity index (χ1v) is 9.37.